The summed E-state index contributed by atoms with van der Waals surface area (Å²) >= 11 is 0. The van der Waals surface area contributed by atoms with Crippen LogP contribution >= 0.6 is 0 Å². The summed E-state index contributed by atoms with van der Waals surface area (Å²) in [6.07, 6.45) is 4.02. The third-order valence-electron chi connectivity index (χ3n) is 2.26. The van der Waals surface area contributed by atoms with Gasteiger partial charge in [0.05, 0.1) is 12.6 Å². The zero-order valence-electron chi connectivity index (χ0n) is 6.49. The SMILES string of the molecule is CCOC(=O)N1C[C@H]2C=C[C@H]21. The molecule has 1 aliphatic carbocycles. The zero-order chi connectivity index (χ0) is 7.84. The van der Waals surface area contributed by atoms with E-state index in [1.54, 1.807) is 4.90 Å². The van der Waals surface area contributed by atoms with Crippen LogP contribution in [0.4, 0.5) is 4.79 Å². The van der Waals surface area contributed by atoms with Gasteiger partial charge < -0.3 is 9.64 Å². The van der Waals surface area contributed by atoms with Crippen molar-refractivity contribution in [3.8, 4) is 0 Å². The van der Waals surface area contributed by atoms with E-state index in [1.807, 2.05) is 13.0 Å². The molecule has 1 fully saturated rings. The van der Waals surface area contributed by atoms with Crippen LogP contribution in [0, 0.1) is 5.92 Å². The van der Waals surface area contributed by atoms with Crippen molar-refractivity contribution in [2.45, 2.75) is 13.0 Å². The highest BCUT2D eigenvalue weighted by Gasteiger charge is 2.44. The molecule has 2 atom stereocenters. The number of hydrogen-bond donors (Lipinski definition) is 0. The molecule has 0 radical (unpaired) electrons. The van der Waals surface area contributed by atoms with E-state index in [2.05, 4.69) is 6.08 Å². The van der Waals surface area contributed by atoms with Crippen LogP contribution in [-0.4, -0.2) is 30.2 Å². The maximum Gasteiger partial charge on any atom is 0.410 e. The van der Waals surface area contributed by atoms with E-state index >= 15 is 0 Å². The molecule has 60 valence electrons. The molecule has 1 aliphatic heterocycles. The molecule has 0 N–H and O–H groups in total. The maximum absolute atomic E-state index is 11.1. The second-order valence-corrected chi connectivity index (χ2v) is 2.89. The molecule has 3 nitrogen and oxygen atoms in total. The van der Waals surface area contributed by atoms with Gasteiger partial charge in [0.25, 0.3) is 0 Å². The van der Waals surface area contributed by atoms with Crippen molar-refractivity contribution >= 4 is 6.09 Å². The second-order valence-electron chi connectivity index (χ2n) is 2.89. The third kappa shape index (κ3) is 0.836. The average molecular weight is 153 g/mol. The van der Waals surface area contributed by atoms with Gasteiger partial charge in [0.15, 0.2) is 0 Å². The van der Waals surface area contributed by atoms with Crippen molar-refractivity contribution in [1.82, 2.24) is 4.90 Å². The quantitative estimate of drug-likeness (QED) is 0.526. The number of carbonyl (C=O) groups is 1. The Hall–Kier alpha value is -0.990. The van der Waals surface area contributed by atoms with Gasteiger partial charge in [-0.3, -0.25) is 0 Å². The zero-order valence-corrected chi connectivity index (χ0v) is 6.49. The summed E-state index contributed by atoms with van der Waals surface area (Å²) in [5, 5.41) is 0. The first-order chi connectivity index (χ1) is 5.33. The Kier molecular flexibility index (Phi) is 1.37. The Morgan fingerprint density at radius 2 is 2.55 bits per heavy atom. The van der Waals surface area contributed by atoms with E-state index in [0.29, 0.717) is 18.6 Å². The topological polar surface area (TPSA) is 29.5 Å². The fourth-order valence-electron chi connectivity index (χ4n) is 1.49. The van der Waals surface area contributed by atoms with Gasteiger partial charge >= 0.3 is 6.09 Å². The second kappa shape index (κ2) is 2.26. The highest BCUT2D eigenvalue weighted by atomic mass is 16.6. The maximum atomic E-state index is 11.1. The van der Waals surface area contributed by atoms with E-state index in [-0.39, 0.29) is 6.09 Å². The van der Waals surface area contributed by atoms with E-state index < -0.39 is 0 Å². The normalized spacial score (nSPS) is 31.9. The molecule has 2 aliphatic rings. The lowest BCUT2D eigenvalue weighted by Gasteiger charge is -2.49. The van der Waals surface area contributed by atoms with Crippen LogP contribution in [0.15, 0.2) is 12.2 Å². The molecule has 0 aromatic heterocycles. The molecule has 0 unspecified atom stereocenters. The molecule has 0 bridgehead atoms. The first kappa shape index (κ1) is 6.70. The van der Waals surface area contributed by atoms with Crippen LogP contribution < -0.4 is 0 Å². The van der Waals surface area contributed by atoms with Crippen molar-refractivity contribution in [1.29, 1.82) is 0 Å². The Morgan fingerprint density at radius 1 is 1.73 bits per heavy atom. The van der Waals surface area contributed by atoms with Crippen LogP contribution in [0.3, 0.4) is 0 Å². The highest BCUT2D eigenvalue weighted by molar-refractivity contribution is 5.70. The summed E-state index contributed by atoms with van der Waals surface area (Å²) in [5.41, 5.74) is 0. The number of carbonyl (C=O) groups excluding carboxylic acids is 1. The Bertz CT molecular complexity index is 212. The lowest BCUT2D eigenvalue weighted by atomic mass is 9.80. The van der Waals surface area contributed by atoms with Crippen molar-refractivity contribution in [2.24, 2.45) is 5.92 Å². The Labute approximate surface area is 65.6 Å². The number of hydrogen-bond acceptors (Lipinski definition) is 2. The van der Waals surface area contributed by atoms with E-state index in [4.69, 9.17) is 4.74 Å². The molecule has 0 saturated carbocycles. The number of nitrogens with zero attached hydrogens (tertiary/aromatic N) is 1. The van der Waals surface area contributed by atoms with E-state index in [0.717, 1.165) is 6.54 Å². The monoisotopic (exact) mass is 153 g/mol. The van der Waals surface area contributed by atoms with Gasteiger partial charge in [-0.2, -0.15) is 0 Å². The fraction of sp³-hybridized carbons (Fsp3) is 0.625. The van der Waals surface area contributed by atoms with Gasteiger partial charge in [-0.05, 0) is 6.92 Å². The van der Waals surface area contributed by atoms with Crippen LogP contribution in [0.25, 0.3) is 0 Å². The van der Waals surface area contributed by atoms with Gasteiger partial charge in [0.2, 0.25) is 0 Å². The Balaban J connectivity index is 1.88. The Morgan fingerprint density at radius 3 is 2.91 bits per heavy atom. The minimum atomic E-state index is -0.168. The van der Waals surface area contributed by atoms with Gasteiger partial charge in [0.1, 0.15) is 0 Å². The van der Waals surface area contributed by atoms with Crippen molar-refractivity contribution < 1.29 is 9.53 Å². The van der Waals surface area contributed by atoms with Crippen molar-refractivity contribution in [2.75, 3.05) is 13.2 Å². The van der Waals surface area contributed by atoms with Gasteiger partial charge in [-0.1, -0.05) is 12.2 Å². The fourth-order valence-corrected chi connectivity index (χ4v) is 1.49. The molecule has 1 amide bonds. The van der Waals surface area contributed by atoms with Gasteiger partial charge in [-0.15, -0.1) is 0 Å². The number of amides is 1. The predicted molar refractivity (Wildman–Crippen MR) is 40.1 cm³/mol. The lowest BCUT2D eigenvalue weighted by molar-refractivity contribution is 0.0324. The molecule has 11 heavy (non-hydrogen) atoms. The van der Waals surface area contributed by atoms with Gasteiger partial charge in [0, 0.05) is 12.5 Å². The summed E-state index contributed by atoms with van der Waals surface area (Å²) < 4.78 is 4.85. The van der Waals surface area contributed by atoms with Crippen LogP contribution in [0.1, 0.15) is 6.92 Å². The average Bonchev–Trinajstić information content (AvgIpc) is 1.95. The molecule has 0 aromatic carbocycles. The number of rotatable bonds is 1. The molecule has 0 spiro atoms. The lowest BCUT2D eigenvalue weighted by Crippen LogP contribution is -2.60. The summed E-state index contributed by atoms with van der Waals surface area (Å²) in [4.78, 5) is 12.8. The van der Waals surface area contributed by atoms with Gasteiger partial charge in [-0.25, -0.2) is 4.79 Å². The molecular weight excluding hydrogens is 142 g/mol. The molecule has 1 heterocycles. The third-order valence-corrected chi connectivity index (χ3v) is 2.26. The smallest absolute Gasteiger partial charge is 0.410 e. The molecular formula is C8H11NO2. The van der Waals surface area contributed by atoms with Crippen molar-refractivity contribution in [3.05, 3.63) is 12.2 Å². The number of fused-ring (bicyclic) bond motifs is 1. The first-order valence-electron chi connectivity index (χ1n) is 3.94. The molecule has 1 saturated heterocycles. The number of ether oxygens (including phenoxy) is 1. The summed E-state index contributed by atoms with van der Waals surface area (Å²) in [5.74, 6) is 0.624. The van der Waals surface area contributed by atoms with Crippen LogP contribution in [-0.2, 0) is 4.74 Å². The highest BCUT2D eigenvalue weighted by Crippen LogP contribution is 2.34. The molecule has 3 heteroatoms. The van der Waals surface area contributed by atoms with Crippen LogP contribution in [0.5, 0.6) is 0 Å². The minimum Gasteiger partial charge on any atom is -0.450 e. The first-order valence-corrected chi connectivity index (χ1v) is 3.94. The van der Waals surface area contributed by atoms with E-state index in [1.165, 1.54) is 0 Å². The van der Waals surface area contributed by atoms with E-state index in [9.17, 15) is 4.79 Å². The predicted octanol–water partition coefficient (Wildman–Crippen LogP) is 1.01. The molecule has 2 rings (SSSR count). The largest absolute Gasteiger partial charge is 0.450 e. The minimum absolute atomic E-state index is 0.168. The van der Waals surface area contributed by atoms with Crippen molar-refractivity contribution in [3.63, 3.8) is 0 Å². The molecule has 0 aromatic rings. The standard InChI is InChI=1S/C8H11NO2/c1-2-11-8(10)9-5-6-3-4-7(6)9/h3-4,6-7H,2,5H2,1H3/t6-,7-/m1/s1. The summed E-state index contributed by atoms with van der Waals surface area (Å²) in [6, 6.07) is 0.356. The number of likely N-dealkylation sites (tertiary alicyclic amines) is 1. The van der Waals surface area contributed by atoms with Crippen LogP contribution in [0.2, 0.25) is 0 Å². The summed E-state index contributed by atoms with van der Waals surface area (Å²) in [7, 11) is 0. The summed E-state index contributed by atoms with van der Waals surface area (Å²) in [6.45, 7) is 3.14.